The smallest absolute Gasteiger partial charge is 0.127 e. The van der Waals surface area contributed by atoms with Crippen LogP contribution < -0.4 is 4.74 Å². The molecule has 3 rings (SSSR count). The first-order valence-corrected chi connectivity index (χ1v) is 7.24. The second kappa shape index (κ2) is 5.43. The van der Waals surface area contributed by atoms with Gasteiger partial charge in [-0.05, 0) is 19.1 Å². The number of aromatic nitrogens is 2. The first-order valence-electron chi connectivity index (χ1n) is 6.42. The average Bonchev–Trinajstić information content (AvgIpc) is 2.86. The van der Waals surface area contributed by atoms with Crippen molar-refractivity contribution >= 4 is 27.6 Å². The van der Waals surface area contributed by atoms with Crippen molar-refractivity contribution in [1.29, 1.82) is 0 Å². The van der Waals surface area contributed by atoms with Crippen LogP contribution in [0.3, 0.4) is 0 Å². The Labute approximate surface area is 121 Å². The van der Waals surface area contributed by atoms with E-state index >= 15 is 0 Å². The molecular formula is C16H14N2OS. The van der Waals surface area contributed by atoms with Gasteiger partial charge >= 0.3 is 0 Å². The van der Waals surface area contributed by atoms with Crippen LogP contribution in [0.4, 0.5) is 0 Å². The molecule has 0 bridgehead atoms. The fourth-order valence-corrected chi connectivity index (χ4v) is 3.35. The van der Waals surface area contributed by atoms with Crippen LogP contribution in [0.15, 0.2) is 43.4 Å². The van der Waals surface area contributed by atoms with E-state index in [-0.39, 0.29) is 0 Å². The van der Waals surface area contributed by atoms with Gasteiger partial charge in [-0.25, -0.2) is 9.97 Å². The van der Waals surface area contributed by atoms with Gasteiger partial charge in [-0.3, -0.25) is 0 Å². The Kier molecular flexibility index (Phi) is 3.48. The fraction of sp³-hybridized carbons (Fsp3) is 0.125. The van der Waals surface area contributed by atoms with E-state index in [1.54, 1.807) is 17.7 Å². The Morgan fingerprint density at radius 1 is 1.35 bits per heavy atom. The third-order valence-electron chi connectivity index (χ3n) is 3.03. The molecule has 4 heteroatoms. The van der Waals surface area contributed by atoms with Gasteiger partial charge in [0.05, 0.1) is 16.8 Å². The van der Waals surface area contributed by atoms with E-state index in [0.717, 1.165) is 32.0 Å². The number of thiophene rings is 1. The Hall–Kier alpha value is -2.20. The third kappa shape index (κ3) is 2.08. The lowest BCUT2D eigenvalue weighted by Crippen LogP contribution is -1.93. The molecule has 0 fully saturated rings. The number of benzene rings is 1. The zero-order valence-electron chi connectivity index (χ0n) is 11.2. The van der Waals surface area contributed by atoms with Crippen LogP contribution in [0.5, 0.6) is 5.75 Å². The maximum Gasteiger partial charge on any atom is 0.127 e. The Morgan fingerprint density at radius 2 is 2.20 bits per heavy atom. The topological polar surface area (TPSA) is 35.0 Å². The predicted molar refractivity (Wildman–Crippen MR) is 84.1 cm³/mol. The minimum atomic E-state index is 0.644. The minimum absolute atomic E-state index is 0.644. The average molecular weight is 282 g/mol. The molecule has 0 saturated heterocycles. The maximum absolute atomic E-state index is 5.72. The van der Waals surface area contributed by atoms with Crippen LogP contribution >= 0.6 is 11.3 Å². The molecule has 2 aromatic heterocycles. The monoisotopic (exact) mass is 282 g/mol. The minimum Gasteiger partial charge on any atom is -0.493 e. The molecule has 0 spiro atoms. The van der Waals surface area contributed by atoms with Crippen molar-refractivity contribution in [2.24, 2.45) is 0 Å². The maximum atomic E-state index is 5.72. The van der Waals surface area contributed by atoms with Gasteiger partial charge in [0.25, 0.3) is 0 Å². The molecular weight excluding hydrogens is 268 g/mol. The summed E-state index contributed by atoms with van der Waals surface area (Å²) in [6, 6.07) is 8.05. The molecule has 100 valence electrons. The van der Waals surface area contributed by atoms with Crippen molar-refractivity contribution in [2.45, 2.75) is 6.92 Å². The van der Waals surface area contributed by atoms with Crippen molar-refractivity contribution in [3.05, 3.63) is 48.9 Å². The van der Waals surface area contributed by atoms with E-state index in [0.29, 0.717) is 6.61 Å². The highest BCUT2D eigenvalue weighted by molar-refractivity contribution is 7.22. The molecule has 2 heterocycles. The summed E-state index contributed by atoms with van der Waals surface area (Å²) in [6.07, 6.45) is 5.26. The van der Waals surface area contributed by atoms with Gasteiger partial charge in [0.1, 0.15) is 12.1 Å². The van der Waals surface area contributed by atoms with Gasteiger partial charge in [0, 0.05) is 22.2 Å². The SMILES string of the molecule is C=Cc1c(-c2ccccc2OCC)sc2cncnc12. The van der Waals surface area contributed by atoms with Crippen molar-refractivity contribution in [3.8, 4) is 16.2 Å². The third-order valence-corrected chi connectivity index (χ3v) is 4.19. The molecule has 0 N–H and O–H groups in total. The predicted octanol–water partition coefficient (Wildman–Crippen LogP) is 4.40. The van der Waals surface area contributed by atoms with Gasteiger partial charge < -0.3 is 4.74 Å². The largest absolute Gasteiger partial charge is 0.493 e. The van der Waals surface area contributed by atoms with Crippen molar-refractivity contribution in [1.82, 2.24) is 9.97 Å². The molecule has 0 saturated carbocycles. The molecule has 0 unspecified atom stereocenters. The summed E-state index contributed by atoms with van der Waals surface area (Å²) >= 11 is 1.67. The number of para-hydroxylation sites is 1. The quantitative estimate of drug-likeness (QED) is 0.711. The normalized spacial score (nSPS) is 10.7. The lowest BCUT2D eigenvalue weighted by molar-refractivity contribution is 0.341. The van der Waals surface area contributed by atoms with E-state index in [9.17, 15) is 0 Å². The van der Waals surface area contributed by atoms with Gasteiger partial charge in [0.15, 0.2) is 0 Å². The highest BCUT2D eigenvalue weighted by Gasteiger charge is 2.15. The molecule has 3 aromatic rings. The molecule has 3 nitrogen and oxygen atoms in total. The lowest BCUT2D eigenvalue weighted by atomic mass is 10.1. The van der Waals surface area contributed by atoms with E-state index in [4.69, 9.17) is 4.74 Å². The summed E-state index contributed by atoms with van der Waals surface area (Å²) < 4.78 is 6.78. The van der Waals surface area contributed by atoms with Crippen LogP contribution in [0, 0.1) is 0 Å². The number of rotatable bonds is 4. The molecule has 0 aliphatic heterocycles. The zero-order valence-corrected chi connectivity index (χ0v) is 12.0. The number of hydrogen-bond donors (Lipinski definition) is 0. The fourth-order valence-electron chi connectivity index (χ4n) is 2.19. The molecule has 0 aliphatic rings. The summed E-state index contributed by atoms with van der Waals surface area (Å²) in [7, 11) is 0. The van der Waals surface area contributed by atoms with Crippen LogP contribution in [0.25, 0.3) is 26.7 Å². The van der Waals surface area contributed by atoms with Crippen LogP contribution in [-0.2, 0) is 0 Å². The second-order valence-electron chi connectivity index (χ2n) is 4.21. The summed E-state index contributed by atoms with van der Waals surface area (Å²) in [5.74, 6) is 0.887. The van der Waals surface area contributed by atoms with E-state index < -0.39 is 0 Å². The number of fused-ring (bicyclic) bond motifs is 1. The molecule has 0 amide bonds. The summed E-state index contributed by atoms with van der Waals surface area (Å²) in [5, 5.41) is 0. The van der Waals surface area contributed by atoms with Gasteiger partial charge in [0.2, 0.25) is 0 Å². The molecule has 0 atom stereocenters. The molecule has 0 aliphatic carbocycles. The van der Waals surface area contributed by atoms with E-state index in [1.807, 2.05) is 37.4 Å². The molecule has 1 aromatic carbocycles. The highest BCUT2D eigenvalue weighted by Crippen LogP contribution is 2.41. The van der Waals surface area contributed by atoms with Crippen LogP contribution in [-0.4, -0.2) is 16.6 Å². The van der Waals surface area contributed by atoms with Crippen LogP contribution in [0.2, 0.25) is 0 Å². The summed E-state index contributed by atoms with van der Waals surface area (Å²) in [6.45, 7) is 6.55. The Bertz CT molecular complexity index is 764. The van der Waals surface area contributed by atoms with E-state index in [1.165, 1.54) is 0 Å². The number of hydrogen-bond acceptors (Lipinski definition) is 4. The van der Waals surface area contributed by atoms with Crippen molar-refractivity contribution in [2.75, 3.05) is 6.61 Å². The lowest BCUT2D eigenvalue weighted by Gasteiger charge is -2.09. The van der Waals surface area contributed by atoms with Crippen LogP contribution in [0.1, 0.15) is 12.5 Å². The van der Waals surface area contributed by atoms with Gasteiger partial charge in [-0.1, -0.05) is 24.8 Å². The summed E-state index contributed by atoms with van der Waals surface area (Å²) in [5.41, 5.74) is 3.06. The number of ether oxygens (including phenoxy) is 1. The zero-order chi connectivity index (χ0) is 13.9. The molecule has 20 heavy (non-hydrogen) atoms. The van der Waals surface area contributed by atoms with Crippen molar-refractivity contribution in [3.63, 3.8) is 0 Å². The second-order valence-corrected chi connectivity index (χ2v) is 5.27. The Balaban J connectivity index is 2.27. The number of nitrogens with zero attached hydrogens (tertiary/aromatic N) is 2. The standard InChI is InChI=1S/C16H14N2OS/c1-3-11-15-14(9-17-10-18-15)20-16(11)12-7-5-6-8-13(12)19-4-2/h3,5-10H,1,4H2,2H3. The first-order chi connectivity index (χ1) is 9.85. The highest BCUT2D eigenvalue weighted by atomic mass is 32.1. The summed E-state index contributed by atoms with van der Waals surface area (Å²) in [4.78, 5) is 9.57. The van der Waals surface area contributed by atoms with Gasteiger partial charge in [-0.2, -0.15) is 0 Å². The first kappa shape index (κ1) is 12.8. The molecule has 0 radical (unpaired) electrons. The van der Waals surface area contributed by atoms with Gasteiger partial charge in [-0.15, -0.1) is 11.3 Å². The Morgan fingerprint density at radius 3 is 3.00 bits per heavy atom. The van der Waals surface area contributed by atoms with Crippen molar-refractivity contribution < 1.29 is 4.74 Å². The van der Waals surface area contributed by atoms with E-state index in [2.05, 4.69) is 22.6 Å².